The summed E-state index contributed by atoms with van der Waals surface area (Å²) in [7, 11) is -1.90. The molecule has 6 nitrogen and oxygen atoms in total. The Balaban J connectivity index is 1.97. The third kappa shape index (κ3) is 7.79. The lowest BCUT2D eigenvalue weighted by atomic mass is 10.1. The monoisotopic (exact) mass is 436 g/mol. The summed E-state index contributed by atoms with van der Waals surface area (Å²) < 4.78 is 28.2. The molecule has 8 heteroatoms. The van der Waals surface area contributed by atoms with E-state index in [1.165, 1.54) is 4.88 Å². The lowest BCUT2D eigenvalue weighted by Gasteiger charge is -2.22. The molecule has 0 amide bonds. The van der Waals surface area contributed by atoms with Crippen LogP contribution in [0, 0.1) is 5.92 Å². The maximum atomic E-state index is 12.8. The van der Waals surface area contributed by atoms with Crippen LogP contribution < -0.4 is 15.4 Å². The number of benzene rings is 1. The predicted molar refractivity (Wildman–Crippen MR) is 122 cm³/mol. The van der Waals surface area contributed by atoms with Crippen LogP contribution in [0.4, 0.5) is 0 Å². The second kappa shape index (κ2) is 10.2. The van der Waals surface area contributed by atoms with E-state index in [1.54, 1.807) is 30.5 Å². The lowest BCUT2D eigenvalue weighted by Crippen LogP contribution is -2.41. The van der Waals surface area contributed by atoms with Crippen LogP contribution in [0.5, 0.6) is 0 Å². The van der Waals surface area contributed by atoms with Gasteiger partial charge in [0.05, 0.1) is 4.90 Å². The van der Waals surface area contributed by atoms with Crippen molar-refractivity contribution in [3.63, 3.8) is 0 Å². The van der Waals surface area contributed by atoms with Gasteiger partial charge in [-0.1, -0.05) is 31.2 Å². The molecule has 0 spiro atoms. The predicted octanol–water partition coefficient (Wildman–Crippen LogP) is 3.37. The zero-order chi connectivity index (χ0) is 21.5. The molecule has 1 heterocycles. The van der Waals surface area contributed by atoms with Crippen LogP contribution in [-0.2, 0) is 23.0 Å². The van der Waals surface area contributed by atoms with Gasteiger partial charge in [-0.05, 0) is 56.2 Å². The normalized spacial score (nSPS) is 13.9. The van der Waals surface area contributed by atoms with Crippen molar-refractivity contribution in [2.75, 3.05) is 13.6 Å². The Morgan fingerprint density at radius 1 is 1.14 bits per heavy atom. The molecular formula is C21H32N4O2S2. The summed E-state index contributed by atoms with van der Waals surface area (Å²) in [4.78, 5) is 5.91. The third-order valence-corrected chi connectivity index (χ3v) is 6.88. The van der Waals surface area contributed by atoms with E-state index < -0.39 is 15.6 Å². The number of hydrogen-bond acceptors (Lipinski definition) is 4. The van der Waals surface area contributed by atoms with E-state index in [1.807, 2.05) is 32.9 Å². The molecule has 1 aromatic carbocycles. The number of aliphatic imine (C=N–C) groups is 1. The van der Waals surface area contributed by atoms with Crippen LogP contribution in [0.2, 0.25) is 0 Å². The zero-order valence-electron chi connectivity index (χ0n) is 17.8. The van der Waals surface area contributed by atoms with E-state index in [9.17, 15) is 8.42 Å². The second-order valence-corrected chi connectivity index (χ2v) is 10.8. The van der Waals surface area contributed by atoms with Crippen LogP contribution in [-0.4, -0.2) is 33.5 Å². The molecule has 1 aromatic heterocycles. The van der Waals surface area contributed by atoms with E-state index >= 15 is 0 Å². The van der Waals surface area contributed by atoms with Crippen LogP contribution in [0.15, 0.2) is 51.7 Å². The SMILES string of the molecule is CN=C(NCc1ccccc1S(=O)(=O)NC(C)(C)C)NCC(C)Cc1cccs1. The minimum Gasteiger partial charge on any atom is -0.356 e. The van der Waals surface area contributed by atoms with Gasteiger partial charge in [0.1, 0.15) is 0 Å². The molecule has 1 unspecified atom stereocenters. The van der Waals surface area contributed by atoms with Crippen LogP contribution in [0.25, 0.3) is 0 Å². The molecule has 0 fully saturated rings. The molecule has 0 bridgehead atoms. The van der Waals surface area contributed by atoms with Gasteiger partial charge in [-0.3, -0.25) is 4.99 Å². The Kier molecular flexibility index (Phi) is 8.24. The standard InChI is InChI=1S/C21H32N4O2S2/c1-16(13-18-10-8-12-28-18)14-23-20(22-5)24-15-17-9-6-7-11-19(17)29(26,27)25-21(2,3)4/h6-12,16,25H,13-15H2,1-5H3,(H2,22,23,24). The van der Waals surface area contributed by atoms with Crippen molar-refractivity contribution < 1.29 is 8.42 Å². The van der Waals surface area contributed by atoms with Crippen molar-refractivity contribution >= 4 is 27.3 Å². The number of guanidine groups is 1. The summed E-state index contributed by atoms with van der Waals surface area (Å²) in [5.41, 5.74) is 0.147. The third-order valence-electron chi connectivity index (χ3n) is 4.12. The van der Waals surface area contributed by atoms with E-state index in [2.05, 4.69) is 44.8 Å². The molecule has 0 aliphatic heterocycles. The first-order valence-electron chi connectivity index (χ1n) is 9.69. The fraction of sp³-hybridized carbons (Fsp3) is 0.476. The largest absolute Gasteiger partial charge is 0.356 e. The fourth-order valence-electron chi connectivity index (χ4n) is 2.88. The topological polar surface area (TPSA) is 82.6 Å². The van der Waals surface area contributed by atoms with Gasteiger partial charge in [0.15, 0.2) is 5.96 Å². The van der Waals surface area contributed by atoms with Gasteiger partial charge < -0.3 is 10.6 Å². The number of nitrogens with zero attached hydrogens (tertiary/aromatic N) is 1. The van der Waals surface area contributed by atoms with Crippen molar-refractivity contribution in [3.05, 3.63) is 52.2 Å². The number of rotatable bonds is 8. The number of nitrogens with one attached hydrogen (secondary N) is 3. The number of sulfonamides is 1. The quantitative estimate of drug-likeness (QED) is 0.438. The smallest absolute Gasteiger partial charge is 0.241 e. The molecule has 2 rings (SSSR count). The van der Waals surface area contributed by atoms with Gasteiger partial charge in [0.2, 0.25) is 10.0 Å². The van der Waals surface area contributed by atoms with Crippen molar-refractivity contribution in [1.82, 2.24) is 15.4 Å². The highest BCUT2D eigenvalue weighted by Crippen LogP contribution is 2.18. The average molecular weight is 437 g/mol. The lowest BCUT2D eigenvalue weighted by molar-refractivity contribution is 0.491. The molecule has 0 aliphatic carbocycles. The van der Waals surface area contributed by atoms with Crippen LogP contribution in [0.3, 0.4) is 0 Å². The first-order chi connectivity index (χ1) is 13.6. The van der Waals surface area contributed by atoms with Gasteiger partial charge in [0, 0.05) is 30.6 Å². The molecule has 29 heavy (non-hydrogen) atoms. The Morgan fingerprint density at radius 2 is 1.86 bits per heavy atom. The van der Waals surface area contributed by atoms with Crippen molar-refractivity contribution in [3.8, 4) is 0 Å². The van der Waals surface area contributed by atoms with Crippen LogP contribution >= 0.6 is 11.3 Å². The van der Waals surface area contributed by atoms with E-state index in [0.717, 1.165) is 13.0 Å². The van der Waals surface area contributed by atoms with Crippen LogP contribution in [0.1, 0.15) is 38.1 Å². The minimum absolute atomic E-state index is 0.281. The van der Waals surface area contributed by atoms with Gasteiger partial charge in [-0.15, -0.1) is 11.3 Å². The highest BCUT2D eigenvalue weighted by molar-refractivity contribution is 7.89. The summed E-state index contributed by atoms with van der Waals surface area (Å²) in [6.07, 6.45) is 1.02. The van der Waals surface area contributed by atoms with Gasteiger partial charge in [-0.2, -0.15) is 0 Å². The maximum absolute atomic E-state index is 12.8. The number of thiophene rings is 1. The van der Waals surface area contributed by atoms with Crippen molar-refractivity contribution in [2.24, 2.45) is 10.9 Å². The van der Waals surface area contributed by atoms with E-state index in [0.29, 0.717) is 24.0 Å². The maximum Gasteiger partial charge on any atom is 0.241 e. The summed E-state index contributed by atoms with van der Waals surface area (Å²) in [6.45, 7) is 8.82. The Hall–Kier alpha value is -1.90. The number of hydrogen-bond donors (Lipinski definition) is 3. The Bertz CT molecular complexity index is 901. The Labute approximate surface area is 178 Å². The van der Waals surface area contributed by atoms with Gasteiger partial charge in [0.25, 0.3) is 0 Å². The second-order valence-electron chi connectivity index (χ2n) is 8.16. The molecule has 1 atom stereocenters. The summed E-state index contributed by atoms with van der Waals surface area (Å²) in [6, 6.07) is 11.2. The Morgan fingerprint density at radius 3 is 2.48 bits per heavy atom. The molecule has 0 radical (unpaired) electrons. The molecular weight excluding hydrogens is 404 g/mol. The average Bonchev–Trinajstić information content (AvgIpc) is 3.13. The summed E-state index contributed by atoms with van der Waals surface area (Å²) in [5, 5.41) is 8.64. The summed E-state index contributed by atoms with van der Waals surface area (Å²) >= 11 is 1.77. The van der Waals surface area contributed by atoms with Crippen molar-refractivity contribution in [1.29, 1.82) is 0 Å². The highest BCUT2D eigenvalue weighted by Gasteiger charge is 2.24. The minimum atomic E-state index is -3.61. The molecule has 2 aromatic rings. The molecule has 0 saturated carbocycles. The molecule has 0 saturated heterocycles. The fourth-order valence-corrected chi connectivity index (χ4v) is 5.41. The highest BCUT2D eigenvalue weighted by atomic mass is 32.2. The van der Waals surface area contributed by atoms with E-state index in [-0.39, 0.29) is 4.90 Å². The molecule has 0 aliphatic rings. The first kappa shape index (κ1) is 23.4. The first-order valence-corrected chi connectivity index (χ1v) is 12.1. The van der Waals surface area contributed by atoms with Gasteiger partial charge >= 0.3 is 0 Å². The van der Waals surface area contributed by atoms with Crippen molar-refractivity contribution in [2.45, 2.75) is 51.1 Å². The van der Waals surface area contributed by atoms with E-state index in [4.69, 9.17) is 0 Å². The molecule has 160 valence electrons. The van der Waals surface area contributed by atoms with Gasteiger partial charge in [-0.25, -0.2) is 13.1 Å². The molecule has 3 N–H and O–H groups in total. The zero-order valence-corrected chi connectivity index (χ0v) is 19.5. The summed E-state index contributed by atoms with van der Waals surface area (Å²) in [5.74, 6) is 1.11.